The molecule has 0 saturated carbocycles. The van der Waals surface area contributed by atoms with Gasteiger partial charge in [-0.3, -0.25) is 14.9 Å². The Morgan fingerprint density at radius 3 is 2.63 bits per heavy atom. The minimum absolute atomic E-state index is 0.0535. The maximum Gasteiger partial charge on any atom is 0.331 e. The molecule has 1 amide bonds. The second kappa shape index (κ2) is 8.75. The molecule has 1 heterocycles. The molecule has 0 aliphatic carbocycles. The van der Waals surface area contributed by atoms with Gasteiger partial charge in [-0.2, -0.15) is 5.10 Å². The number of hydrogen-bond donors (Lipinski definition) is 1. The molecule has 1 aromatic heterocycles. The summed E-state index contributed by atoms with van der Waals surface area (Å²) in [5.41, 5.74) is 0.131. The number of nitro groups is 1. The highest BCUT2D eigenvalue weighted by Gasteiger charge is 2.19. The van der Waals surface area contributed by atoms with Gasteiger partial charge in [0, 0.05) is 24.3 Å². The summed E-state index contributed by atoms with van der Waals surface area (Å²) in [7, 11) is 0. The number of benzene rings is 1. The summed E-state index contributed by atoms with van der Waals surface area (Å²) in [6.45, 7) is 5.27. The highest BCUT2D eigenvalue weighted by atomic mass is 16.6. The predicted octanol–water partition coefficient (Wildman–Crippen LogP) is 2.96. The normalized spacial score (nSPS) is 12.1. The molecule has 0 fully saturated rings. The number of aromatic nitrogens is 2. The Kier molecular flexibility index (Phi) is 6.42. The van der Waals surface area contributed by atoms with Crippen LogP contribution < -0.4 is 5.32 Å². The van der Waals surface area contributed by atoms with Crippen molar-refractivity contribution in [3.05, 3.63) is 58.3 Å². The Hall–Kier alpha value is -3.49. The average molecular weight is 372 g/mol. The van der Waals surface area contributed by atoms with E-state index < -0.39 is 22.9 Å². The summed E-state index contributed by atoms with van der Waals surface area (Å²) in [6.07, 6.45) is 2.83. The standard InChI is InChI=1S/C18H20N4O5/c1-12(2)21-16(10-11-19-21)20-18(24)13(3)27-17(23)9-8-14-6-4-5-7-15(14)22(25)26/h4-13H,1-3H3,(H,20,24)/b9-8+/t13-/m1/s1. The second-order valence-corrected chi connectivity index (χ2v) is 5.97. The van der Waals surface area contributed by atoms with Gasteiger partial charge < -0.3 is 10.1 Å². The topological polar surface area (TPSA) is 116 Å². The van der Waals surface area contributed by atoms with Crippen molar-refractivity contribution in [2.24, 2.45) is 0 Å². The van der Waals surface area contributed by atoms with Gasteiger partial charge in [0.15, 0.2) is 6.10 Å². The molecule has 0 bridgehead atoms. The van der Waals surface area contributed by atoms with E-state index >= 15 is 0 Å². The molecule has 0 aliphatic rings. The first-order chi connectivity index (χ1) is 12.8. The average Bonchev–Trinajstić information content (AvgIpc) is 3.08. The predicted molar refractivity (Wildman–Crippen MR) is 98.9 cm³/mol. The lowest BCUT2D eigenvalue weighted by Gasteiger charge is -2.15. The van der Waals surface area contributed by atoms with Crippen LogP contribution >= 0.6 is 0 Å². The molecule has 2 rings (SSSR count). The number of hydrogen-bond acceptors (Lipinski definition) is 6. The van der Waals surface area contributed by atoms with E-state index in [2.05, 4.69) is 10.4 Å². The van der Waals surface area contributed by atoms with Crippen LogP contribution in [0.1, 0.15) is 32.4 Å². The van der Waals surface area contributed by atoms with Gasteiger partial charge in [0.25, 0.3) is 11.6 Å². The Balaban J connectivity index is 1.98. The van der Waals surface area contributed by atoms with E-state index in [-0.39, 0.29) is 17.3 Å². The number of nitrogens with zero attached hydrogens (tertiary/aromatic N) is 3. The van der Waals surface area contributed by atoms with Crippen molar-refractivity contribution < 1.29 is 19.2 Å². The van der Waals surface area contributed by atoms with E-state index in [1.54, 1.807) is 23.0 Å². The van der Waals surface area contributed by atoms with E-state index in [9.17, 15) is 19.7 Å². The van der Waals surface area contributed by atoms with Gasteiger partial charge in [-0.05, 0) is 32.9 Å². The van der Waals surface area contributed by atoms with Crippen LogP contribution in [-0.2, 0) is 14.3 Å². The molecule has 142 valence electrons. The number of anilines is 1. The fourth-order valence-corrected chi connectivity index (χ4v) is 2.27. The van der Waals surface area contributed by atoms with E-state index in [4.69, 9.17) is 4.74 Å². The molecule has 1 atom stereocenters. The third-order valence-electron chi connectivity index (χ3n) is 3.61. The van der Waals surface area contributed by atoms with Crippen molar-refractivity contribution in [3.8, 4) is 0 Å². The number of esters is 1. The third kappa shape index (κ3) is 5.24. The van der Waals surface area contributed by atoms with Gasteiger partial charge in [-0.15, -0.1) is 0 Å². The lowest BCUT2D eigenvalue weighted by Crippen LogP contribution is -2.30. The fourth-order valence-electron chi connectivity index (χ4n) is 2.27. The summed E-state index contributed by atoms with van der Waals surface area (Å²) in [6, 6.07) is 7.68. The smallest absolute Gasteiger partial charge is 0.331 e. The molecule has 1 N–H and O–H groups in total. The van der Waals surface area contributed by atoms with Crippen molar-refractivity contribution in [2.75, 3.05) is 5.32 Å². The van der Waals surface area contributed by atoms with E-state index in [0.29, 0.717) is 5.82 Å². The molecule has 2 aromatic rings. The number of nitrogens with one attached hydrogen (secondary N) is 1. The van der Waals surface area contributed by atoms with Crippen LogP contribution in [0.25, 0.3) is 6.08 Å². The fraction of sp³-hybridized carbons (Fsp3) is 0.278. The SMILES string of the molecule is CC(C)n1nccc1NC(=O)[C@@H](C)OC(=O)/C=C/c1ccccc1[N+](=O)[O-]. The molecule has 0 aliphatic heterocycles. The van der Waals surface area contributed by atoms with E-state index in [0.717, 1.165) is 6.08 Å². The number of carbonyl (C=O) groups excluding carboxylic acids is 2. The van der Waals surface area contributed by atoms with Crippen molar-refractivity contribution in [2.45, 2.75) is 32.9 Å². The van der Waals surface area contributed by atoms with Gasteiger partial charge in [0.1, 0.15) is 5.82 Å². The molecule has 1 aromatic carbocycles. The summed E-state index contributed by atoms with van der Waals surface area (Å²) in [5.74, 6) is -0.800. The van der Waals surface area contributed by atoms with Gasteiger partial charge in [0.05, 0.1) is 16.7 Å². The Bertz CT molecular complexity index is 872. The second-order valence-electron chi connectivity index (χ2n) is 5.97. The zero-order valence-corrected chi connectivity index (χ0v) is 15.2. The van der Waals surface area contributed by atoms with E-state index in [1.807, 2.05) is 13.8 Å². The lowest BCUT2D eigenvalue weighted by molar-refractivity contribution is -0.385. The molecule has 9 nitrogen and oxygen atoms in total. The van der Waals surface area contributed by atoms with Gasteiger partial charge in [-0.25, -0.2) is 9.48 Å². The third-order valence-corrected chi connectivity index (χ3v) is 3.61. The first-order valence-electron chi connectivity index (χ1n) is 8.26. The molecule has 9 heteroatoms. The number of rotatable bonds is 7. The minimum atomic E-state index is -1.05. The maximum atomic E-state index is 12.2. The first-order valence-corrected chi connectivity index (χ1v) is 8.26. The largest absolute Gasteiger partial charge is 0.449 e. The van der Waals surface area contributed by atoms with Crippen molar-refractivity contribution in [3.63, 3.8) is 0 Å². The molecule has 0 spiro atoms. The van der Waals surface area contributed by atoms with E-state index in [1.165, 1.54) is 31.2 Å². The van der Waals surface area contributed by atoms with Crippen LogP contribution in [0.15, 0.2) is 42.6 Å². The van der Waals surface area contributed by atoms with Crippen LogP contribution in [0, 0.1) is 10.1 Å². The Morgan fingerprint density at radius 1 is 1.26 bits per heavy atom. The van der Waals surface area contributed by atoms with Gasteiger partial charge in [0.2, 0.25) is 0 Å². The Labute approximate surface area is 155 Å². The quantitative estimate of drug-likeness (QED) is 0.346. The first kappa shape index (κ1) is 19.8. The summed E-state index contributed by atoms with van der Waals surface area (Å²) >= 11 is 0. The van der Waals surface area contributed by atoms with Gasteiger partial charge >= 0.3 is 5.97 Å². The number of nitro benzene ring substituents is 1. The van der Waals surface area contributed by atoms with Crippen LogP contribution in [0.4, 0.5) is 11.5 Å². The van der Waals surface area contributed by atoms with Crippen molar-refractivity contribution in [1.82, 2.24) is 9.78 Å². The summed E-state index contributed by atoms with van der Waals surface area (Å²) in [4.78, 5) is 34.5. The zero-order chi connectivity index (χ0) is 20.0. The number of para-hydroxylation sites is 1. The van der Waals surface area contributed by atoms with Crippen molar-refractivity contribution in [1.29, 1.82) is 0 Å². The van der Waals surface area contributed by atoms with Crippen LogP contribution in [-0.4, -0.2) is 32.7 Å². The zero-order valence-electron chi connectivity index (χ0n) is 15.2. The van der Waals surface area contributed by atoms with Crippen LogP contribution in [0.3, 0.4) is 0 Å². The van der Waals surface area contributed by atoms with Crippen molar-refractivity contribution >= 4 is 29.5 Å². The summed E-state index contributed by atoms with van der Waals surface area (Å²) in [5, 5.41) is 17.7. The van der Waals surface area contributed by atoms with Crippen LogP contribution in [0.5, 0.6) is 0 Å². The summed E-state index contributed by atoms with van der Waals surface area (Å²) < 4.78 is 6.67. The molecule has 27 heavy (non-hydrogen) atoms. The maximum absolute atomic E-state index is 12.2. The highest BCUT2D eigenvalue weighted by molar-refractivity contribution is 5.96. The molecule has 0 radical (unpaired) electrons. The number of ether oxygens (including phenoxy) is 1. The van der Waals surface area contributed by atoms with Gasteiger partial charge in [-0.1, -0.05) is 12.1 Å². The molecule has 0 saturated heterocycles. The van der Waals surface area contributed by atoms with Crippen LogP contribution in [0.2, 0.25) is 0 Å². The number of amides is 1. The Morgan fingerprint density at radius 2 is 1.96 bits per heavy atom. The number of carbonyl (C=O) groups is 2. The minimum Gasteiger partial charge on any atom is -0.449 e. The monoisotopic (exact) mass is 372 g/mol. The highest BCUT2D eigenvalue weighted by Crippen LogP contribution is 2.19. The molecular weight excluding hydrogens is 352 g/mol. The lowest BCUT2D eigenvalue weighted by atomic mass is 10.1. The molecule has 0 unspecified atom stereocenters. The molecular formula is C18H20N4O5.